The Morgan fingerprint density at radius 1 is 1.38 bits per heavy atom. The van der Waals surface area contributed by atoms with Crippen LogP contribution in [0, 0.1) is 0 Å². The van der Waals surface area contributed by atoms with Crippen molar-refractivity contribution in [2.45, 2.75) is 19.5 Å². The van der Waals surface area contributed by atoms with Crippen LogP contribution in [0.1, 0.15) is 12.5 Å². The van der Waals surface area contributed by atoms with Gasteiger partial charge >= 0.3 is 0 Å². The summed E-state index contributed by atoms with van der Waals surface area (Å²) in [6.45, 7) is 2.00. The Morgan fingerprint density at radius 3 is 2.50 bits per heavy atom. The van der Waals surface area contributed by atoms with Gasteiger partial charge in [0, 0.05) is 17.1 Å². The molecule has 0 aliphatic rings. The molecular weight excluding hydrogens is 270 g/mol. The maximum absolute atomic E-state index is 10.8. The average Bonchev–Trinajstić information content (AvgIpc) is 2.23. The summed E-state index contributed by atoms with van der Waals surface area (Å²) in [5, 5.41) is 4.22. The molecule has 1 rings (SSSR count). The monoisotopic (exact) mass is 280 g/mol. The van der Waals surface area contributed by atoms with Crippen LogP contribution < -0.4 is 11.1 Å². The summed E-state index contributed by atoms with van der Waals surface area (Å²) in [4.78, 5) is 10.8. The first-order valence-electron chi connectivity index (χ1n) is 4.58. The van der Waals surface area contributed by atoms with E-state index in [-0.39, 0.29) is 0 Å². The Kier molecular flexibility index (Phi) is 4.87. The van der Waals surface area contributed by atoms with Crippen molar-refractivity contribution in [2.24, 2.45) is 5.73 Å². The third-order valence-electron chi connectivity index (χ3n) is 2.15. The van der Waals surface area contributed by atoms with Crippen LogP contribution in [0.5, 0.6) is 0 Å². The summed E-state index contributed by atoms with van der Waals surface area (Å²) in [7, 11) is 0. The number of amides is 1. The molecule has 6 heteroatoms. The standard InChI is InChI=1S/C10H11Cl3N2O/c1-5(10(14)16)15-4-6-7(11)2-3-8(12)9(6)13/h2-3,5,15H,4H2,1H3,(H2,14,16). The van der Waals surface area contributed by atoms with E-state index >= 15 is 0 Å². The molecule has 0 aliphatic heterocycles. The van der Waals surface area contributed by atoms with Gasteiger partial charge in [0.25, 0.3) is 0 Å². The third-order valence-corrected chi connectivity index (χ3v) is 3.35. The first-order chi connectivity index (χ1) is 7.43. The van der Waals surface area contributed by atoms with Crippen molar-refractivity contribution in [1.82, 2.24) is 5.32 Å². The van der Waals surface area contributed by atoms with Crippen LogP contribution >= 0.6 is 34.8 Å². The normalized spacial score (nSPS) is 12.5. The Labute approximate surface area is 109 Å². The van der Waals surface area contributed by atoms with Gasteiger partial charge in [0.15, 0.2) is 0 Å². The number of benzene rings is 1. The highest BCUT2D eigenvalue weighted by Gasteiger charge is 2.12. The van der Waals surface area contributed by atoms with E-state index in [4.69, 9.17) is 40.5 Å². The van der Waals surface area contributed by atoms with E-state index in [0.29, 0.717) is 27.2 Å². The quantitative estimate of drug-likeness (QED) is 0.834. The van der Waals surface area contributed by atoms with E-state index in [9.17, 15) is 4.79 Å². The van der Waals surface area contributed by atoms with Crippen LogP contribution in [0.2, 0.25) is 15.1 Å². The van der Waals surface area contributed by atoms with Gasteiger partial charge in [-0.15, -0.1) is 0 Å². The van der Waals surface area contributed by atoms with E-state index in [1.54, 1.807) is 19.1 Å². The van der Waals surface area contributed by atoms with Gasteiger partial charge in [0.1, 0.15) is 0 Å². The zero-order chi connectivity index (χ0) is 12.3. The van der Waals surface area contributed by atoms with E-state index < -0.39 is 11.9 Å². The van der Waals surface area contributed by atoms with E-state index in [2.05, 4.69) is 5.32 Å². The van der Waals surface area contributed by atoms with Gasteiger partial charge in [-0.25, -0.2) is 0 Å². The number of halogens is 3. The van der Waals surface area contributed by atoms with E-state index in [1.165, 1.54) is 0 Å². The first kappa shape index (κ1) is 13.6. The zero-order valence-corrected chi connectivity index (χ0v) is 10.8. The second-order valence-electron chi connectivity index (χ2n) is 3.33. The lowest BCUT2D eigenvalue weighted by molar-refractivity contribution is -0.119. The summed E-state index contributed by atoms with van der Waals surface area (Å²) in [6.07, 6.45) is 0. The summed E-state index contributed by atoms with van der Waals surface area (Å²) < 4.78 is 0. The summed E-state index contributed by atoms with van der Waals surface area (Å²) in [5.41, 5.74) is 5.77. The lowest BCUT2D eigenvalue weighted by Crippen LogP contribution is -2.38. The van der Waals surface area contributed by atoms with Crippen LogP contribution in [0.4, 0.5) is 0 Å². The molecule has 1 amide bonds. The number of carbonyl (C=O) groups excluding carboxylic acids is 1. The first-order valence-corrected chi connectivity index (χ1v) is 5.72. The maximum Gasteiger partial charge on any atom is 0.234 e. The second kappa shape index (κ2) is 5.73. The highest BCUT2D eigenvalue weighted by atomic mass is 35.5. The lowest BCUT2D eigenvalue weighted by Gasteiger charge is -2.12. The summed E-state index contributed by atoms with van der Waals surface area (Å²) >= 11 is 17.8. The van der Waals surface area contributed by atoms with Crippen molar-refractivity contribution in [1.29, 1.82) is 0 Å². The maximum atomic E-state index is 10.8. The molecular formula is C10H11Cl3N2O. The number of primary amides is 1. The number of carbonyl (C=O) groups is 1. The minimum Gasteiger partial charge on any atom is -0.368 e. The third kappa shape index (κ3) is 3.25. The van der Waals surface area contributed by atoms with Gasteiger partial charge in [-0.3, -0.25) is 4.79 Å². The lowest BCUT2D eigenvalue weighted by atomic mass is 10.2. The molecule has 0 saturated heterocycles. The minimum absolute atomic E-state index is 0.336. The van der Waals surface area contributed by atoms with Crippen molar-refractivity contribution < 1.29 is 4.79 Å². The molecule has 16 heavy (non-hydrogen) atoms. The van der Waals surface area contributed by atoms with Crippen LogP contribution in [-0.2, 0) is 11.3 Å². The topological polar surface area (TPSA) is 55.1 Å². The number of hydrogen-bond acceptors (Lipinski definition) is 2. The van der Waals surface area contributed by atoms with Gasteiger partial charge in [-0.2, -0.15) is 0 Å². The molecule has 0 heterocycles. The van der Waals surface area contributed by atoms with Crippen LogP contribution in [-0.4, -0.2) is 11.9 Å². The SMILES string of the molecule is CC(NCc1c(Cl)ccc(Cl)c1Cl)C(N)=O. The molecule has 0 radical (unpaired) electrons. The predicted octanol–water partition coefficient (Wildman–Crippen LogP) is 2.61. The Hall–Kier alpha value is -0.480. The fraction of sp³-hybridized carbons (Fsp3) is 0.300. The molecule has 1 aromatic rings. The zero-order valence-electron chi connectivity index (χ0n) is 8.56. The highest BCUT2D eigenvalue weighted by molar-refractivity contribution is 6.44. The average molecular weight is 282 g/mol. The highest BCUT2D eigenvalue weighted by Crippen LogP contribution is 2.31. The molecule has 0 aromatic heterocycles. The van der Waals surface area contributed by atoms with Crippen molar-refractivity contribution >= 4 is 40.7 Å². The number of hydrogen-bond donors (Lipinski definition) is 2. The molecule has 0 bridgehead atoms. The molecule has 88 valence electrons. The van der Waals surface area contributed by atoms with Gasteiger partial charge in [0.05, 0.1) is 16.1 Å². The van der Waals surface area contributed by atoms with Crippen molar-refractivity contribution in [2.75, 3.05) is 0 Å². The molecule has 3 N–H and O–H groups in total. The number of nitrogens with one attached hydrogen (secondary N) is 1. The number of rotatable bonds is 4. The van der Waals surface area contributed by atoms with Crippen molar-refractivity contribution in [3.63, 3.8) is 0 Å². The fourth-order valence-corrected chi connectivity index (χ4v) is 1.77. The minimum atomic E-state index is -0.453. The molecule has 1 atom stereocenters. The van der Waals surface area contributed by atoms with Crippen LogP contribution in [0.15, 0.2) is 12.1 Å². The van der Waals surface area contributed by atoms with Crippen molar-refractivity contribution in [3.8, 4) is 0 Å². The molecule has 0 saturated carbocycles. The largest absolute Gasteiger partial charge is 0.368 e. The second-order valence-corrected chi connectivity index (χ2v) is 4.52. The summed E-state index contributed by atoms with van der Waals surface area (Å²) in [5.74, 6) is -0.436. The van der Waals surface area contributed by atoms with Crippen molar-refractivity contribution in [3.05, 3.63) is 32.8 Å². The molecule has 0 spiro atoms. The Bertz CT molecular complexity index is 409. The predicted molar refractivity (Wildman–Crippen MR) is 67.0 cm³/mol. The smallest absolute Gasteiger partial charge is 0.234 e. The van der Waals surface area contributed by atoms with Gasteiger partial charge in [-0.1, -0.05) is 34.8 Å². The molecule has 3 nitrogen and oxygen atoms in total. The van der Waals surface area contributed by atoms with Gasteiger partial charge in [-0.05, 0) is 19.1 Å². The van der Waals surface area contributed by atoms with Gasteiger partial charge < -0.3 is 11.1 Å². The Balaban J connectivity index is 2.81. The molecule has 0 aliphatic carbocycles. The fourth-order valence-electron chi connectivity index (χ4n) is 1.09. The molecule has 1 unspecified atom stereocenters. The van der Waals surface area contributed by atoms with Crippen LogP contribution in [0.25, 0.3) is 0 Å². The van der Waals surface area contributed by atoms with Crippen LogP contribution in [0.3, 0.4) is 0 Å². The van der Waals surface area contributed by atoms with Gasteiger partial charge in [0.2, 0.25) is 5.91 Å². The molecule has 0 fully saturated rings. The number of nitrogens with two attached hydrogens (primary N) is 1. The summed E-state index contributed by atoms with van der Waals surface area (Å²) in [6, 6.07) is 2.82. The van der Waals surface area contributed by atoms with E-state index in [0.717, 1.165) is 0 Å². The Morgan fingerprint density at radius 2 is 1.94 bits per heavy atom. The van der Waals surface area contributed by atoms with E-state index in [1.807, 2.05) is 0 Å². The molecule has 1 aromatic carbocycles.